The minimum atomic E-state index is -0.882. The minimum Gasteiger partial charge on any atom is -0.507 e. The number of hydrogen-bond donors (Lipinski definition) is 1. The molecule has 1 saturated heterocycles. The quantitative estimate of drug-likeness (QED) is 0.294. The predicted molar refractivity (Wildman–Crippen MR) is 126 cm³/mol. The summed E-state index contributed by atoms with van der Waals surface area (Å²) >= 11 is 6.16. The van der Waals surface area contributed by atoms with Crippen LogP contribution in [0, 0.1) is 5.82 Å². The molecule has 4 rings (SSSR count). The molecule has 2 heterocycles. The van der Waals surface area contributed by atoms with Crippen LogP contribution in [0.2, 0.25) is 5.02 Å². The Bertz CT molecular complexity index is 1250. The largest absolute Gasteiger partial charge is 0.507 e. The maximum Gasteiger partial charge on any atom is 0.295 e. The Morgan fingerprint density at radius 1 is 1.15 bits per heavy atom. The van der Waals surface area contributed by atoms with Crippen LogP contribution < -0.4 is 4.74 Å². The van der Waals surface area contributed by atoms with E-state index >= 15 is 0 Å². The van der Waals surface area contributed by atoms with Crippen molar-refractivity contribution >= 4 is 29.1 Å². The molecule has 6 nitrogen and oxygen atoms in total. The topological polar surface area (TPSA) is 79.7 Å². The second-order valence-corrected chi connectivity index (χ2v) is 8.11. The first-order valence-corrected chi connectivity index (χ1v) is 11.1. The SMILES string of the molecule is CCOc1cc(/C(O)=C2/C(=O)C(=O)N(CCc3ccc(F)cc3)C2c2ccccn2)ccc1Cl. The van der Waals surface area contributed by atoms with E-state index in [1.54, 1.807) is 55.6 Å². The first-order chi connectivity index (χ1) is 16.4. The molecule has 0 saturated carbocycles. The van der Waals surface area contributed by atoms with Crippen LogP contribution in [0.3, 0.4) is 0 Å². The fourth-order valence-electron chi connectivity index (χ4n) is 3.93. The number of pyridine rings is 1. The Hall–Kier alpha value is -3.71. The number of ketones is 1. The van der Waals surface area contributed by atoms with Gasteiger partial charge in [0.2, 0.25) is 0 Å². The highest BCUT2D eigenvalue weighted by Crippen LogP contribution is 2.39. The smallest absolute Gasteiger partial charge is 0.295 e. The van der Waals surface area contributed by atoms with Crippen LogP contribution >= 0.6 is 11.6 Å². The Labute approximate surface area is 201 Å². The maximum atomic E-state index is 13.3. The van der Waals surface area contributed by atoms with E-state index in [-0.39, 0.29) is 23.7 Å². The summed E-state index contributed by atoms with van der Waals surface area (Å²) < 4.78 is 18.8. The molecule has 8 heteroatoms. The Kier molecular flexibility index (Phi) is 6.93. The van der Waals surface area contributed by atoms with E-state index < -0.39 is 17.7 Å². The fraction of sp³-hybridized carbons (Fsp3) is 0.192. The average molecular weight is 481 g/mol. The number of ether oxygens (including phenoxy) is 1. The highest BCUT2D eigenvalue weighted by atomic mass is 35.5. The Balaban J connectivity index is 1.76. The van der Waals surface area contributed by atoms with E-state index in [4.69, 9.17) is 16.3 Å². The summed E-state index contributed by atoms with van der Waals surface area (Å²) in [6, 6.07) is 14.9. The van der Waals surface area contributed by atoms with Crippen molar-refractivity contribution in [2.24, 2.45) is 0 Å². The van der Waals surface area contributed by atoms with Gasteiger partial charge in [-0.1, -0.05) is 29.8 Å². The molecule has 1 amide bonds. The number of carbonyl (C=O) groups excluding carboxylic acids is 2. The van der Waals surface area contributed by atoms with Crippen LogP contribution in [0.5, 0.6) is 5.75 Å². The lowest BCUT2D eigenvalue weighted by Gasteiger charge is -2.24. The van der Waals surface area contributed by atoms with Crippen LogP contribution in [-0.4, -0.2) is 39.8 Å². The molecule has 1 aliphatic rings. The van der Waals surface area contributed by atoms with E-state index in [1.807, 2.05) is 0 Å². The third kappa shape index (κ3) is 4.65. The summed E-state index contributed by atoms with van der Waals surface area (Å²) in [5, 5.41) is 11.5. The second kappa shape index (κ2) is 10.1. The van der Waals surface area contributed by atoms with Gasteiger partial charge in [0.15, 0.2) is 0 Å². The van der Waals surface area contributed by atoms with Crippen molar-refractivity contribution in [3.05, 3.63) is 100 Å². The summed E-state index contributed by atoms with van der Waals surface area (Å²) in [5.41, 5.74) is 1.49. The molecular formula is C26H22ClFN2O4. The van der Waals surface area contributed by atoms with Crippen molar-refractivity contribution in [1.82, 2.24) is 9.88 Å². The number of rotatable bonds is 7. The molecule has 1 aliphatic heterocycles. The lowest BCUT2D eigenvalue weighted by Crippen LogP contribution is -2.32. The van der Waals surface area contributed by atoms with Gasteiger partial charge in [-0.25, -0.2) is 4.39 Å². The van der Waals surface area contributed by atoms with Gasteiger partial charge < -0.3 is 14.7 Å². The Morgan fingerprint density at radius 2 is 1.91 bits per heavy atom. The van der Waals surface area contributed by atoms with Crippen LogP contribution in [-0.2, 0) is 16.0 Å². The standard InChI is InChI=1S/C26H22ClFN2O4/c1-2-34-21-15-17(8-11-19(21)27)24(31)22-23(20-5-3-4-13-29-20)30(26(33)25(22)32)14-12-16-6-9-18(28)10-7-16/h3-11,13,15,23,31H,2,12,14H2,1H3/b24-22-. The molecule has 0 aliphatic carbocycles. The number of likely N-dealkylation sites (tertiary alicyclic amines) is 1. The van der Waals surface area contributed by atoms with Gasteiger partial charge in [-0.05, 0) is 61.4 Å². The first kappa shape index (κ1) is 23.4. The van der Waals surface area contributed by atoms with E-state index in [0.717, 1.165) is 5.56 Å². The molecule has 1 atom stereocenters. The zero-order valence-corrected chi connectivity index (χ0v) is 19.1. The summed E-state index contributed by atoms with van der Waals surface area (Å²) in [7, 11) is 0. The van der Waals surface area contributed by atoms with Crippen LogP contribution in [0.25, 0.3) is 5.76 Å². The molecule has 0 spiro atoms. The van der Waals surface area contributed by atoms with Crippen molar-refractivity contribution in [3.63, 3.8) is 0 Å². The van der Waals surface area contributed by atoms with Crippen molar-refractivity contribution in [3.8, 4) is 5.75 Å². The first-order valence-electron chi connectivity index (χ1n) is 10.8. The molecule has 2 aromatic carbocycles. The highest BCUT2D eigenvalue weighted by Gasteiger charge is 2.46. The van der Waals surface area contributed by atoms with Crippen molar-refractivity contribution < 1.29 is 23.8 Å². The zero-order valence-electron chi connectivity index (χ0n) is 18.4. The number of amides is 1. The van der Waals surface area contributed by atoms with Gasteiger partial charge in [-0.15, -0.1) is 0 Å². The van der Waals surface area contributed by atoms with E-state index in [2.05, 4.69) is 4.98 Å². The molecule has 1 aromatic heterocycles. The number of Topliss-reactive ketones (excluding diaryl/α,β-unsaturated/α-hetero) is 1. The summed E-state index contributed by atoms with van der Waals surface area (Å²) in [5.74, 6) is -1.88. The molecule has 3 aromatic rings. The predicted octanol–water partition coefficient (Wildman–Crippen LogP) is 4.94. The molecule has 1 N–H and O–H groups in total. The molecule has 1 unspecified atom stereocenters. The number of nitrogens with zero attached hydrogens (tertiary/aromatic N) is 2. The van der Waals surface area contributed by atoms with Crippen molar-refractivity contribution in [2.75, 3.05) is 13.2 Å². The normalized spacial score (nSPS) is 17.3. The fourth-order valence-corrected chi connectivity index (χ4v) is 4.10. The lowest BCUT2D eigenvalue weighted by molar-refractivity contribution is -0.139. The molecule has 0 radical (unpaired) electrons. The van der Waals surface area contributed by atoms with Gasteiger partial charge in [-0.2, -0.15) is 0 Å². The van der Waals surface area contributed by atoms with Gasteiger partial charge in [0.1, 0.15) is 23.4 Å². The Morgan fingerprint density at radius 3 is 2.59 bits per heavy atom. The average Bonchev–Trinajstić information content (AvgIpc) is 3.10. The third-order valence-electron chi connectivity index (χ3n) is 5.57. The molecule has 34 heavy (non-hydrogen) atoms. The van der Waals surface area contributed by atoms with Crippen molar-refractivity contribution in [2.45, 2.75) is 19.4 Å². The van der Waals surface area contributed by atoms with Gasteiger partial charge in [0.25, 0.3) is 11.7 Å². The monoisotopic (exact) mass is 480 g/mol. The number of hydrogen-bond acceptors (Lipinski definition) is 5. The minimum absolute atomic E-state index is 0.0624. The van der Waals surface area contributed by atoms with Crippen LogP contribution in [0.15, 0.2) is 72.4 Å². The van der Waals surface area contributed by atoms with E-state index in [0.29, 0.717) is 35.1 Å². The van der Waals surface area contributed by atoms with E-state index in [1.165, 1.54) is 23.1 Å². The molecule has 1 fully saturated rings. The number of carbonyl (C=O) groups is 2. The van der Waals surface area contributed by atoms with Gasteiger partial charge in [0.05, 0.1) is 22.9 Å². The van der Waals surface area contributed by atoms with Crippen LogP contribution in [0.4, 0.5) is 4.39 Å². The number of aliphatic hydroxyl groups is 1. The molecular weight excluding hydrogens is 459 g/mol. The highest BCUT2D eigenvalue weighted by molar-refractivity contribution is 6.46. The third-order valence-corrected chi connectivity index (χ3v) is 5.88. The number of benzene rings is 2. The summed E-state index contributed by atoms with van der Waals surface area (Å²) in [4.78, 5) is 31.9. The van der Waals surface area contributed by atoms with Gasteiger partial charge >= 0.3 is 0 Å². The van der Waals surface area contributed by atoms with E-state index in [9.17, 15) is 19.1 Å². The number of aromatic nitrogens is 1. The van der Waals surface area contributed by atoms with Gasteiger partial charge in [0, 0.05) is 18.3 Å². The van der Waals surface area contributed by atoms with Gasteiger partial charge in [-0.3, -0.25) is 14.6 Å². The van der Waals surface area contributed by atoms with Crippen molar-refractivity contribution in [1.29, 1.82) is 0 Å². The summed E-state index contributed by atoms with van der Waals surface area (Å²) in [6.45, 7) is 2.35. The number of halogens is 2. The lowest BCUT2D eigenvalue weighted by atomic mass is 9.98. The molecule has 174 valence electrons. The molecule has 0 bridgehead atoms. The van der Waals surface area contributed by atoms with Crippen LogP contribution in [0.1, 0.15) is 29.8 Å². The summed E-state index contributed by atoms with van der Waals surface area (Å²) in [6.07, 6.45) is 1.96. The zero-order chi connectivity index (χ0) is 24.2. The second-order valence-electron chi connectivity index (χ2n) is 7.70. The maximum absolute atomic E-state index is 13.3. The number of aliphatic hydroxyl groups excluding tert-OH is 1.